The highest BCUT2D eigenvalue weighted by atomic mass is 14.9. The molecule has 24 heavy (non-hydrogen) atoms. The van der Waals surface area contributed by atoms with E-state index in [4.69, 9.17) is 4.98 Å². The summed E-state index contributed by atoms with van der Waals surface area (Å²) >= 11 is 0. The maximum Gasteiger partial charge on any atom is 0.161 e. The SMILES string of the molecule is c1ccc(-c2ccc(-c3ncccn3)c(-c3ccccn3)n2)nc1. The van der Waals surface area contributed by atoms with Crippen LogP contribution in [-0.4, -0.2) is 24.9 Å². The van der Waals surface area contributed by atoms with E-state index in [2.05, 4.69) is 19.9 Å². The summed E-state index contributed by atoms with van der Waals surface area (Å²) in [5.41, 5.74) is 3.96. The van der Waals surface area contributed by atoms with Gasteiger partial charge in [0.25, 0.3) is 0 Å². The molecule has 0 radical (unpaired) electrons. The molecule has 0 aromatic carbocycles. The van der Waals surface area contributed by atoms with Crippen LogP contribution in [0.1, 0.15) is 0 Å². The Labute approximate surface area is 139 Å². The van der Waals surface area contributed by atoms with Crippen molar-refractivity contribution < 1.29 is 0 Å². The van der Waals surface area contributed by atoms with Crippen LogP contribution < -0.4 is 0 Å². The van der Waals surface area contributed by atoms with Crippen molar-refractivity contribution in [3.05, 3.63) is 79.4 Å². The Hall–Kier alpha value is -3.47. The fraction of sp³-hybridized carbons (Fsp3) is 0. The molecule has 5 nitrogen and oxygen atoms in total. The van der Waals surface area contributed by atoms with E-state index in [1.165, 1.54) is 0 Å². The van der Waals surface area contributed by atoms with E-state index in [0.717, 1.165) is 28.3 Å². The molecular formula is C19H13N5. The number of pyridine rings is 3. The second kappa shape index (κ2) is 6.34. The van der Waals surface area contributed by atoms with Gasteiger partial charge in [-0.3, -0.25) is 9.97 Å². The minimum absolute atomic E-state index is 0.623. The fourth-order valence-corrected chi connectivity index (χ4v) is 2.43. The molecule has 0 aliphatic heterocycles. The van der Waals surface area contributed by atoms with Crippen LogP contribution >= 0.6 is 0 Å². The summed E-state index contributed by atoms with van der Waals surface area (Å²) < 4.78 is 0. The predicted octanol–water partition coefficient (Wildman–Crippen LogP) is 3.66. The molecule has 4 aromatic rings. The Morgan fingerprint density at radius 3 is 1.83 bits per heavy atom. The molecule has 0 aliphatic rings. The summed E-state index contributed by atoms with van der Waals surface area (Å²) in [4.78, 5) is 22.3. The van der Waals surface area contributed by atoms with Gasteiger partial charge >= 0.3 is 0 Å². The van der Waals surface area contributed by atoms with Crippen LogP contribution in [0.2, 0.25) is 0 Å². The Balaban J connectivity index is 1.92. The van der Waals surface area contributed by atoms with Gasteiger partial charge in [-0.05, 0) is 42.5 Å². The topological polar surface area (TPSA) is 64.5 Å². The number of hydrogen-bond donors (Lipinski definition) is 0. The van der Waals surface area contributed by atoms with Crippen molar-refractivity contribution >= 4 is 0 Å². The number of aromatic nitrogens is 5. The van der Waals surface area contributed by atoms with Gasteiger partial charge in [0.15, 0.2) is 5.82 Å². The van der Waals surface area contributed by atoms with Crippen molar-refractivity contribution in [3.8, 4) is 34.2 Å². The molecule has 4 aromatic heterocycles. The van der Waals surface area contributed by atoms with E-state index >= 15 is 0 Å². The van der Waals surface area contributed by atoms with Crippen LogP contribution in [0.25, 0.3) is 34.2 Å². The van der Waals surface area contributed by atoms with Crippen molar-refractivity contribution in [2.75, 3.05) is 0 Å². The minimum atomic E-state index is 0.623. The second-order valence-electron chi connectivity index (χ2n) is 5.10. The van der Waals surface area contributed by atoms with Crippen LogP contribution in [0, 0.1) is 0 Å². The van der Waals surface area contributed by atoms with Crippen molar-refractivity contribution in [1.82, 2.24) is 24.9 Å². The largest absolute Gasteiger partial charge is 0.255 e. The van der Waals surface area contributed by atoms with Gasteiger partial charge in [0.05, 0.1) is 17.1 Å². The first kappa shape index (κ1) is 14.1. The molecule has 114 valence electrons. The van der Waals surface area contributed by atoms with E-state index in [0.29, 0.717) is 5.82 Å². The van der Waals surface area contributed by atoms with E-state index < -0.39 is 0 Å². The third-order valence-electron chi connectivity index (χ3n) is 3.54. The van der Waals surface area contributed by atoms with Crippen molar-refractivity contribution in [2.45, 2.75) is 0 Å². The van der Waals surface area contributed by atoms with Crippen LogP contribution in [0.5, 0.6) is 0 Å². The predicted molar refractivity (Wildman–Crippen MR) is 91.7 cm³/mol. The van der Waals surface area contributed by atoms with Crippen LogP contribution in [0.4, 0.5) is 0 Å². The molecule has 4 heterocycles. The van der Waals surface area contributed by atoms with Gasteiger partial charge in [0.2, 0.25) is 0 Å². The second-order valence-corrected chi connectivity index (χ2v) is 5.10. The lowest BCUT2D eigenvalue weighted by atomic mass is 10.1. The molecule has 5 heteroatoms. The molecule has 0 fully saturated rings. The van der Waals surface area contributed by atoms with Crippen molar-refractivity contribution in [3.63, 3.8) is 0 Å². The van der Waals surface area contributed by atoms with E-state index in [1.54, 1.807) is 30.9 Å². The van der Waals surface area contributed by atoms with Crippen LogP contribution in [0.15, 0.2) is 79.4 Å². The Morgan fingerprint density at radius 2 is 1.17 bits per heavy atom. The summed E-state index contributed by atoms with van der Waals surface area (Å²) in [7, 11) is 0. The molecule has 0 saturated heterocycles. The van der Waals surface area contributed by atoms with Crippen LogP contribution in [-0.2, 0) is 0 Å². The summed E-state index contributed by atoms with van der Waals surface area (Å²) in [6.45, 7) is 0. The van der Waals surface area contributed by atoms with Crippen molar-refractivity contribution in [2.24, 2.45) is 0 Å². The first-order chi connectivity index (χ1) is 11.9. The van der Waals surface area contributed by atoms with E-state index in [9.17, 15) is 0 Å². The first-order valence-electron chi connectivity index (χ1n) is 7.53. The van der Waals surface area contributed by atoms with Gasteiger partial charge in [-0.25, -0.2) is 15.0 Å². The van der Waals surface area contributed by atoms with E-state index in [-0.39, 0.29) is 0 Å². The normalized spacial score (nSPS) is 10.5. The zero-order valence-corrected chi connectivity index (χ0v) is 12.7. The van der Waals surface area contributed by atoms with Crippen LogP contribution in [0.3, 0.4) is 0 Å². The van der Waals surface area contributed by atoms with Crippen molar-refractivity contribution in [1.29, 1.82) is 0 Å². The fourth-order valence-electron chi connectivity index (χ4n) is 2.43. The maximum absolute atomic E-state index is 4.78. The molecule has 0 unspecified atom stereocenters. The maximum atomic E-state index is 4.78. The smallest absolute Gasteiger partial charge is 0.161 e. The average molecular weight is 311 g/mol. The molecule has 0 saturated carbocycles. The summed E-state index contributed by atoms with van der Waals surface area (Å²) in [5.74, 6) is 0.623. The lowest BCUT2D eigenvalue weighted by molar-refractivity contribution is 1.15. The Morgan fingerprint density at radius 1 is 0.500 bits per heavy atom. The Bertz CT molecular complexity index is 941. The average Bonchev–Trinajstić information content (AvgIpc) is 2.69. The van der Waals surface area contributed by atoms with Gasteiger partial charge in [-0.15, -0.1) is 0 Å². The Kier molecular flexibility index (Phi) is 3.73. The molecule has 0 bridgehead atoms. The highest BCUT2D eigenvalue weighted by Gasteiger charge is 2.14. The molecule has 0 amide bonds. The summed E-state index contributed by atoms with van der Waals surface area (Å²) in [5, 5.41) is 0. The van der Waals surface area contributed by atoms with Gasteiger partial charge in [-0.2, -0.15) is 0 Å². The van der Waals surface area contributed by atoms with Gasteiger partial charge in [0.1, 0.15) is 5.69 Å². The monoisotopic (exact) mass is 311 g/mol. The van der Waals surface area contributed by atoms with E-state index in [1.807, 2.05) is 48.5 Å². The summed E-state index contributed by atoms with van der Waals surface area (Å²) in [6, 6.07) is 17.2. The first-order valence-corrected chi connectivity index (χ1v) is 7.53. The molecule has 0 spiro atoms. The zero-order chi connectivity index (χ0) is 16.2. The molecule has 4 rings (SSSR count). The lowest BCUT2D eigenvalue weighted by Gasteiger charge is -2.09. The standard InChI is InChI=1S/C19H13N5/c1-3-10-20-15(6-1)16-9-8-14(19-22-12-5-13-23-19)18(24-16)17-7-2-4-11-21-17/h1-13H. The molecule has 0 atom stereocenters. The quantitative estimate of drug-likeness (QED) is 0.577. The van der Waals surface area contributed by atoms with Gasteiger partial charge in [-0.1, -0.05) is 12.1 Å². The third-order valence-corrected chi connectivity index (χ3v) is 3.54. The highest BCUT2D eigenvalue weighted by Crippen LogP contribution is 2.29. The number of nitrogens with zero attached hydrogens (tertiary/aromatic N) is 5. The van der Waals surface area contributed by atoms with Gasteiger partial charge < -0.3 is 0 Å². The molecule has 0 aliphatic carbocycles. The number of hydrogen-bond acceptors (Lipinski definition) is 5. The third kappa shape index (κ3) is 2.75. The van der Waals surface area contributed by atoms with Gasteiger partial charge in [0, 0.05) is 30.4 Å². The number of rotatable bonds is 3. The molecule has 0 N–H and O–H groups in total. The highest BCUT2D eigenvalue weighted by molar-refractivity contribution is 5.77. The zero-order valence-electron chi connectivity index (χ0n) is 12.7. The lowest BCUT2D eigenvalue weighted by Crippen LogP contribution is -1.97. The molecular weight excluding hydrogens is 298 g/mol. The summed E-state index contributed by atoms with van der Waals surface area (Å²) in [6.07, 6.45) is 6.94. The minimum Gasteiger partial charge on any atom is -0.255 e.